The Morgan fingerprint density at radius 3 is 2.35 bits per heavy atom. The molecule has 0 aromatic heterocycles. The first-order chi connectivity index (χ1) is 7.72. The smallest absolute Gasteiger partial charge is 0.410 e. The lowest BCUT2D eigenvalue weighted by Crippen LogP contribution is -2.68. The van der Waals surface area contributed by atoms with Crippen LogP contribution >= 0.6 is 0 Å². The summed E-state index contributed by atoms with van der Waals surface area (Å²) in [5, 5.41) is 0. The van der Waals surface area contributed by atoms with Gasteiger partial charge in [-0.2, -0.15) is 0 Å². The van der Waals surface area contributed by atoms with Crippen molar-refractivity contribution < 1.29 is 14.3 Å². The minimum atomic E-state index is -0.461. The van der Waals surface area contributed by atoms with E-state index in [1.54, 1.807) is 4.90 Å². The summed E-state index contributed by atoms with van der Waals surface area (Å²) in [6, 6.07) is 0. The first kappa shape index (κ1) is 12.4. The van der Waals surface area contributed by atoms with E-state index in [4.69, 9.17) is 4.74 Å². The standard InChI is InChI=1S/C12H20N2O3/c1-11(2,3)17-10(16)14-7-12(8-14)5-9(15)6-13(12)4/h5-8H2,1-4H3. The lowest BCUT2D eigenvalue weighted by Gasteiger charge is -2.50. The molecule has 0 saturated carbocycles. The van der Waals surface area contributed by atoms with Crippen molar-refractivity contribution >= 4 is 11.9 Å². The van der Waals surface area contributed by atoms with E-state index in [2.05, 4.69) is 4.90 Å². The minimum absolute atomic E-state index is 0.117. The molecule has 1 spiro atoms. The van der Waals surface area contributed by atoms with Gasteiger partial charge in [-0.25, -0.2) is 4.79 Å². The van der Waals surface area contributed by atoms with Gasteiger partial charge in [-0.05, 0) is 27.8 Å². The number of Topliss-reactive ketones (excluding diaryl/α,β-unsaturated/α-hetero) is 1. The molecular weight excluding hydrogens is 220 g/mol. The number of likely N-dealkylation sites (N-methyl/N-ethyl adjacent to an activating group) is 1. The largest absolute Gasteiger partial charge is 0.444 e. The van der Waals surface area contributed by atoms with Crippen LogP contribution in [-0.2, 0) is 9.53 Å². The van der Waals surface area contributed by atoms with Gasteiger partial charge in [0.2, 0.25) is 0 Å². The van der Waals surface area contributed by atoms with Gasteiger partial charge in [0.1, 0.15) is 11.4 Å². The molecule has 2 rings (SSSR count). The predicted octanol–water partition coefficient (Wildman–Crippen LogP) is 0.880. The molecule has 5 heteroatoms. The first-order valence-corrected chi connectivity index (χ1v) is 5.93. The molecule has 0 radical (unpaired) electrons. The van der Waals surface area contributed by atoms with Crippen LogP contribution in [0.2, 0.25) is 0 Å². The monoisotopic (exact) mass is 240 g/mol. The first-order valence-electron chi connectivity index (χ1n) is 5.93. The van der Waals surface area contributed by atoms with Crippen molar-refractivity contribution in [1.82, 2.24) is 9.80 Å². The average molecular weight is 240 g/mol. The topological polar surface area (TPSA) is 49.9 Å². The summed E-state index contributed by atoms with van der Waals surface area (Å²) in [5.74, 6) is 0.260. The van der Waals surface area contributed by atoms with Crippen LogP contribution < -0.4 is 0 Å². The molecule has 0 bridgehead atoms. The van der Waals surface area contributed by atoms with E-state index in [1.807, 2.05) is 27.8 Å². The number of ether oxygens (including phenoxy) is 1. The maximum Gasteiger partial charge on any atom is 0.410 e. The Bertz CT molecular complexity index is 353. The van der Waals surface area contributed by atoms with Gasteiger partial charge >= 0.3 is 6.09 Å². The van der Waals surface area contributed by atoms with E-state index in [9.17, 15) is 9.59 Å². The number of hydrogen-bond acceptors (Lipinski definition) is 4. The molecular formula is C12H20N2O3. The Balaban J connectivity index is 1.90. The van der Waals surface area contributed by atoms with Gasteiger partial charge < -0.3 is 9.64 Å². The van der Waals surface area contributed by atoms with E-state index in [0.29, 0.717) is 26.1 Å². The van der Waals surface area contributed by atoms with Crippen LogP contribution in [-0.4, -0.2) is 59.5 Å². The molecule has 96 valence electrons. The maximum atomic E-state index is 11.8. The summed E-state index contributed by atoms with van der Waals surface area (Å²) >= 11 is 0. The van der Waals surface area contributed by atoms with Crippen molar-refractivity contribution in [3.8, 4) is 0 Å². The summed E-state index contributed by atoms with van der Waals surface area (Å²) in [6.07, 6.45) is 0.277. The van der Waals surface area contributed by atoms with E-state index in [1.165, 1.54) is 0 Å². The van der Waals surface area contributed by atoms with Crippen LogP contribution in [0, 0.1) is 0 Å². The number of hydrogen-bond donors (Lipinski definition) is 0. The highest BCUT2D eigenvalue weighted by atomic mass is 16.6. The molecule has 1 amide bonds. The van der Waals surface area contributed by atoms with Gasteiger partial charge in [-0.15, -0.1) is 0 Å². The quantitative estimate of drug-likeness (QED) is 0.630. The molecule has 2 fully saturated rings. The van der Waals surface area contributed by atoms with Crippen molar-refractivity contribution in [3.63, 3.8) is 0 Å². The zero-order valence-electron chi connectivity index (χ0n) is 10.9. The second kappa shape index (κ2) is 3.70. The van der Waals surface area contributed by atoms with Crippen LogP contribution in [0.4, 0.5) is 4.79 Å². The van der Waals surface area contributed by atoms with Crippen LogP contribution in [0.5, 0.6) is 0 Å². The van der Waals surface area contributed by atoms with Gasteiger partial charge in [0.05, 0.1) is 12.1 Å². The lowest BCUT2D eigenvalue weighted by atomic mass is 9.87. The van der Waals surface area contributed by atoms with Gasteiger partial charge in [-0.1, -0.05) is 0 Å². The second-order valence-electron chi connectivity index (χ2n) is 6.13. The molecule has 2 aliphatic heterocycles. The van der Waals surface area contributed by atoms with Crippen LogP contribution in [0.3, 0.4) is 0 Å². The summed E-state index contributed by atoms with van der Waals surface area (Å²) in [4.78, 5) is 26.9. The Labute approximate surface area is 102 Å². The zero-order valence-corrected chi connectivity index (χ0v) is 10.9. The third-order valence-corrected chi connectivity index (χ3v) is 3.37. The second-order valence-corrected chi connectivity index (χ2v) is 6.13. The Morgan fingerprint density at radius 1 is 1.35 bits per heavy atom. The summed E-state index contributed by atoms with van der Waals surface area (Å²) in [6.45, 7) is 7.26. The fourth-order valence-corrected chi connectivity index (χ4v) is 2.46. The highest BCUT2D eigenvalue weighted by Gasteiger charge is 2.53. The van der Waals surface area contributed by atoms with Crippen LogP contribution in [0.25, 0.3) is 0 Å². The minimum Gasteiger partial charge on any atom is -0.444 e. The fraction of sp³-hybridized carbons (Fsp3) is 0.833. The molecule has 17 heavy (non-hydrogen) atoms. The van der Waals surface area contributed by atoms with Gasteiger partial charge in [0.15, 0.2) is 0 Å². The molecule has 5 nitrogen and oxygen atoms in total. The van der Waals surface area contributed by atoms with Crippen molar-refractivity contribution in [3.05, 3.63) is 0 Å². The SMILES string of the molecule is CN1CC(=O)CC12CN(C(=O)OC(C)(C)C)C2. The predicted molar refractivity (Wildman–Crippen MR) is 62.8 cm³/mol. The van der Waals surface area contributed by atoms with E-state index in [-0.39, 0.29) is 17.4 Å². The number of nitrogens with zero attached hydrogens (tertiary/aromatic N) is 2. The van der Waals surface area contributed by atoms with Gasteiger partial charge in [-0.3, -0.25) is 9.69 Å². The molecule has 2 heterocycles. The highest BCUT2D eigenvalue weighted by molar-refractivity contribution is 5.85. The van der Waals surface area contributed by atoms with Crippen molar-refractivity contribution in [2.75, 3.05) is 26.7 Å². The van der Waals surface area contributed by atoms with E-state index in [0.717, 1.165) is 0 Å². The molecule has 2 saturated heterocycles. The normalized spacial score (nSPS) is 24.0. The number of carbonyl (C=O) groups is 2. The molecule has 0 unspecified atom stereocenters. The number of likely N-dealkylation sites (tertiary alicyclic amines) is 2. The third kappa shape index (κ3) is 2.29. The van der Waals surface area contributed by atoms with Crippen molar-refractivity contribution in [2.45, 2.75) is 38.3 Å². The summed E-state index contributed by atoms with van der Waals surface area (Å²) < 4.78 is 5.29. The maximum absolute atomic E-state index is 11.8. The van der Waals surface area contributed by atoms with Crippen molar-refractivity contribution in [2.24, 2.45) is 0 Å². The zero-order chi connectivity index (χ0) is 12.8. The summed E-state index contributed by atoms with van der Waals surface area (Å²) in [7, 11) is 1.94. The molecule has 2 aliphatic rings. The number of amides is 1. The molecule has 0 N–H and O–H groups in total. The summed E-state index contributed by atoms with van der Waals surface area (Å²) in [5.41, 5.74) is -0.578. The van der Waals surface area contributed by atoms with E-state index >= 15 is 0 Å². The fourth-order valence-electron chi connectivity index (χ4n) is 2.46. The molecule has 0 atom stereocenters. The Hall–Kier alpha value is -1.10. The lowest BCUT2D eigenvalue weighted by molar-refractivity contribution is -0.117. The average Bonchev–Trinajstić information content (AvgIpc) is 2.34. The number of rotatable bonds is 0. The third-order valence-electron chi connectivity index (χ3n) is 3.37. The Kier molecular flexibility index (Phi) is 2.69. The molecule has 0 aromatic rings. The van der Waals surface area contributed by atoms with E-state index < -0.39 is 5.60 Å². The molecule has 0 aromatic carbocycles. The van der Waals surface area contributed by atoms with Crippen molar-refractivity contribution in [1.29, 1.82) is 0 Å². The number of ketones is 1. The van der Waals surface area contributed by atoms with Crippen LogP contribution in [0.1, 0.15) is 27.2 Å². The van der Waals surface area contributed by atoms with Gasteiger partial charge in [0.25, 0.3) is 0 Å². The molecule has 0 aliphatic carbocycles. The highest BCUT2D eigenvalue weighted by Crippen LogP contribution is 2.35. The van der Waals surface area contributed by atoms with Crippen LogP contribution in [0.15, 0.2) is 0 Å². The Morgan fingerprint density at radius 2 is 1.94 bits per heavy atom. The number of carbonyl (C=O) groups excluding carboxylic acids is 2. The van der Waals surface area contributed by atoms with Gasteiger partial charge in [0, 0.05) is 19.5 Å².